The molecule has 1 aromatic heterocycles. The van der Waals surface area contributed by atoms with Crippen LogP contribution < -0.4 is 10.1 Å². The molecular weight excluding hydrogens is 393 g/mol. The number of amides is 1. The molecule has 0 saturated carbocycles. The second kappa shape index (κ2) is 8.99. The van der Waals surface area contributed by atoms with E-state index in [-0.39, 0.29) is 27.4 Å². The molecule has 6 nitrogen and oxygen atoms in total. The van der Waals surface area contributed by atoms with Gasteiger partial charge >= 0.3 is 5.97 Å². The first-order chi connectivity index (χ1) is 11.9. The van der Waals surface area contributed by atoms with Crippen LogP contribution in [0.4, 0.5) is 0 Å². The molecular formula is C16H14Cl3NO5. The number of hydrogen-bond donors (Lipinski definition) is 1. The molecule has 25 heavy (non-hydrogen) atoms. The van der Waals surface area contributed by atoms with Crippen LogP contribution >= 0.6 is 34.8 Å². The number of halogens is 3. The third-order valence-electron chi connectivity index (χ3n) is 3.01. The third-order valence-corrected chi connectivity index (χ3v) is 4.03. The summed E-state index contributed by atoms with van der Waals surface area (Å²) in [5.41, 5.74) is 0. The summed E-state index contributed by atoms with van der Waals surface area (Å²) in [4.78, 5) is 23.6. The summed E-state index contributed by atoms with van der Waals surface area (Å²) < 4.78 is 15.3. The van der Waals surface area contributed by atoms with Crippen LogP contribution in [-0.2, 0) is 20.9 Å². The fourth-order valence-electron chi connectivity index (χ4n) is 1.77. The Labute approximate surface area is 158 Å². The lowest BCUT2D eigenvalue weighted by molar-refractivity contribution is -0.156. The summed E-state index contributed by atoms with van der Waals surface area (Å²) in [5.74, 6) is -0.424. The molecule has 0 aliphatic carbocycles. The van der Waals surface area contributed by atoms with E-state index in [9.17, 15) is 9.59 Å². The molecule has 0 bridgehead atoms. The van der Waals surface area contributed by atoms with Crippen LogP contribution in [-0.4, -0.2) is 24.6 Å². The van der Waals surface area contributed by atoms with Crippen LogP contribution in [0.3, 0.4) is 0 Å². The first kappa shape index (κ1) is 19.4. The summed E-state index contributed by atoms with van der Waals surface area (Å²) >= 11 is 17.6. The lowest BCUT2D eigenvalue weighted by Crippen LogP contribution is -2.36. The van der Waals surface area contributed by atoms with Gasteiger partial charge in [-0.25, -0.2) is 4.79 Å². The number of hydrogen-bond acceptors (Lipinski definition) is 5. The average Bonchev–Trinajstić information content (AvgIpc) is 3.08. The minimum Gasteiger partial charge on any atom is -0.480 e. The molecule has 0 aliphatic rings. The van der Waals surface area contributed by atoms with Gasteiger partial charge in [-0.15, -0.1) is 0 Å². The quantitative estimate of drug-likeness (QED) is 0.558. The molecule has 0 unspecified atom stereocenters. The molecule has 0 fully saturated rings. The van der Waals surface area contributed by atoms with Gasteiger partial charge in [0.15, 0.2) is 12.7 Å². The predicted octanol–water partition coefficient (Wildman–Crippen LogP) is 3.87. The highest BCUT2D eigenvalue weighted by molar-refractivity contribution is 6.43. The summed E-state index contributed by atoms with van der Waals surface area (Å²) in [7, 11) is 0. The molecule has 134 valence electrons. The number of rotatable bonds is 7. The maximum absolute atomic E-state index is 11.9. The molecule has 0 aliphatic heterocycles. The van der Waals surface area contributed by atoms with Crippen molar-refractivity contribution in [2.45, 2.75) is 19.6 Å². The average molecular weight is 407 g/mol. The Bertz CT molecular complexity index is 748. The van der Waals surface area contributed by atoms with E-state index in [4.69, 9.17) is 48.7 Å². The van der Waals surface area contributed by atoms with Crippen molar-refractivity contribution < 1.29 is 23.5 Å². The van der Waals surface area contributed by atoms with Gasteiger partial charge in [-0.3, -0.25) is 4.79 Å². The first-order valence-electron chi connectivity index (χ1n) is 7.13. The lowest BCUT2D eigenvalue weighted by atomic mass is 10.3. The maximum atomic E-state index is 11.9. The maximum Gasteiger partial charge on any atom is 0.344 e. The van der Waals surface area contributed by atoms with Crippen LogP contribution in [0.1, 0.15) is 12.7 Å². The van der Waals surface area contributed by atoms with E-state index in [0.29, 0.717) is 5.76 Å². The minimum atomic E-state index is -0.990. The summed E-state index contributed by atoms with van der Waals surface area (Å²) in [6.45, 7) is 1.21. The summed E-state index contributed by atoms with van der Waals surface area (Å²) in [6.07, 6.45) is 0.506. The van der Waals surface area contributed by atoms with Gasteiger partial charge < -0.3 is 19.2 Å². The Morgan fingerprint density at radius 2 is 1.92 bits per heavy atom. The van der Waals surface area contributed by atoms with E-state index >= 15 is 0 Å². The SMILES string of the molecule is C[C@@H](OC(=O)COc1cc(Cl)c(Cl)cc1Cl)C(=O)NCc1ccco1. The van der Waals surface area contributed by atoms with Gasteiger partial charge in [-0.1, -0.05) is 34.8 Å². The molecule has 0 spiro atoms. The summed E-state index contributed by atoms with van der Waals surface area (Å²) in [5, 5.41) is 3.29. The lowest BCUT2D eigenvalue weighted by Gasteiger charge is -2.14. The van der Waals surface area contributed by atoms with E-state index in [2.05, 4.69) is 5.32 Å². The standard InChI is InChI=1S/C16H14Cl3NO5/c1-9(16(22)20-7-10-3-2-4-23-10)25-15(21)8-24-14-6-12(18)11(17)5-13(14)19/h2-6,9H,7-8H2,1H3,(H,20,22)/t9-/m1/s1. The summed E-state index contributed by atoms with van der Waals surface area (Å²) in [6, 6.07) is 6.21. The molecule has 0 radical (unpaired) electrons. The van der Waals surface area contributed by atoms with Gasteiger partial charge in [-0.05, 0) is 25.1 Å². The predicted molar refractivity (Wildman–Crippen MR) is 93.1 cm³/mol. The van der Waals surface area contributed by atoms with Crippen LogP contribution in [0.25, 0.3) is 0 Å². The van der Waals surface area contributed by atoms with E-state index < -0.39 is 24.6 Å². The number of nitrogens with one attached hydrogen (secondary N) is 1. The zero-order valence-corrected chi connectivity index (χ0v) is 15.3. The fourth-order valence-corrected chi connectivity index (χ4v) is 2.36. The topological polar surface area (TPSA) is 77.8 Å². The van der Waals surface area contributed by atoms with Gasteiger partial charge in [-0.2, -0.15) is 0 Å². The minimum absolute atomic E-state index is 0.183. The van der Waals surface area contributed by atoms with Crippen LogP contribution in [0.2, 0.25) is 15.1 Å². The van der Waals surface area contributed by atoms with Gasteiger partial charge in [0.1, 0.15) is 11.5 Å². The van der Waals surface area contributed by atoms with Crippen molar-refractivity contribution in [1.82, 2.24) is 5.32 Å². The zero-order valence-electron chi connectivity index (χ0n) is 13.1. The number of furan rings is 1. The molecule has 1 amide bonds. The Morgan fingerprint density at radius 1 is 1.20 bits per heavy atom. The molecule has 1 atom stereocenters. The van der Waals surface area contributed by atoms with E-state index in [1.165, 1.54) is 25.3 Å². The van der Waals surface area contributed by atoms with Crippen molar-refractivity contribution in [1.29, 1.82) is 0 Å². The largest absolute Gasteiger partial charge is 0.480 e. The fraction of sp³-hybridized carbons (Fsp3) is 0.250. The number of benzene rings is 1. The van der Waals surface area contributed by atoms with Crippen molar-refractivity contribution in [3.63, 3.8) is 0 Å². The third kappa shape index (κ3) is 5.85. The van der Waals surface area contributed by atoms with Gasteiger partial charge in [0.05, 0.1) is 27.9 Å². The highest BCUT2D eigenvalue weighted by atomic mass is 35.5. The number of ether oxygens (including phenoxy) is 2. The molecule has 1 heterocycles. The number of esters is 1. The van der Waals surface area contributed by atoms with Crippen molar-refractivity contribution >= 4 is 46.7 Å². The van der Waals surface area contributed by atoms with Crippen molar-refractivity contribution in [3.8, 4) is 5.75 Å². The number of carbonyl (C=O) groups excluding carboxylic acids is 2. The molecule has 9 heteroatoms. The van der Waals surface area contributed by atoms with Gasteiger partial charge in [0.2, 0.25) is 0 Å². The van der Waals surface area contributed by atoms with Crippen LogP contribution in [0.15, 0.2) is 34.9 Å². The Balaban J connectivity index is 1.79. The highest BCUT2D eigenvalue weighted by Gasteiger charge is 2.18. The van der Waals surface area contributed by atoms with Crippen molar-refractivity contribution in [2.75, 3.05) is 6.61 Å². The van der Waals surface area contributed by atoms with Crippen molar-refractivity contribution in [2.24, 2.45) is 0 Å². The second-order valence-corrected chi connectivity index (χ2v) is 6.14. The molecule has 0 saturated heterocycles. The molecule has 1 N–H and O–H groups in total. The van der Waals surface area contributed by atoms with Crippen LogP contribution in [0, 0.1) is 0 Å². The highest BCUT2D eigenvalue weighted by Crippen LogP contribution is 2.33. The van der Waals surface area contributed by atoms with Gasteiger partial charge in [0.25, 0.3) is 5.91 Å². The van der Waals surface area contributed by atoms with Crippen LogP contribution in [0.5, 0.6) is 5.75 Å². The van der Waals surface area contributed by atoms with E-state index in [0.717, 1.165) is 0 Å². The molecule has 2 aromatic rings. The normalized spacial score (nSPS) is 11.7. The first-order valence-corrected chi connectivity index (χ1v) is 8.27. The van der Waals surface area contributed by atoms with Crippen molar-refractivity contribution in [3.05, 3.63) is 51.4 Å². The Hall–Kier alpha value is -1.89. The van der Waals surface area contributed by atoms with Gasteiger partial charge in [0, 0.05) is 6.07 Å². The Kier molecular flexibility index (Phi) is 6.99. The van der Waals surface area contributed by atoms with E-state index in [1.54, 1.807) is 12.1 Å². The zero-order chi connectivity index (χ0) is 18.4. The van der Waals surface area contributed by atoms with E-state index in [1.807, 2.05) is 0 Å². The molecule has 1 aromatic carbocycles. The molecule has 2 rings (SSSR count). The number of carbonyl (C=O) groups is 2. The second-order valence-electron chi connectivity index (χ2n) is 4.91. The smallest absolute Gasteiger partial charge is 0.344 e. The monoisotopic (exact) mass is 405 g/mol. The Morgan fingerprint density at radius 3 is 2.60 bits per heavy atom.